The average molecular weight is 434 g/mol. The van der Waals surface area contributed by atoms with Gasteiger partial charge in [0.15, 0.2) is 11.3 Å². The van der Waals surface area contributed by atoms with Gasteiger partial charge in [0.25, 0.3) is 0 Å². The van der Waals surface area contributed by atoms with Crippen molar-refractivity contribution in [3.63, 3.8) is 0 Å². The van der Waals surface area contributed by atoms with Gasteiger partial charge in [0.05, 0.1) is 24.1 Å². The fraction of sp³-hybridized carbons (Fsp3) is 0.250. The van der Waals surface area contributed by atoms with Crippen molar-refractivity contribution in [3.05, 3.63) is 71.8 Å². The zero-order valence-corrected chi connectivity index (χ0v) is 17.3. The molecule has 2 aliphatic heterocycles. The number of carboxylic acid groups (broad SMARTS) is 1. The van der Waals surface area contributed by atoms with Gasteiger partial charge in [-0.3, -0.25) is 24.5 Å². The van der Waals surface area contributed by atoms with Gasteiger partial charge < -0.3 is 10.2 Å². The van der Waals surface area contributed by atoms with E-state index in [1.807, 2.05) is 30.3 Å². The Balaban J connectivity index is 1.74. The standard InChI is InChI=1S/C24H22N2O6/c1-14(28)16-8-10-17(11-9-16)26-21(29)19-18(12-7-15-5-3-2-4-6-15)25-24(13-27,23(31)32)20(19)22(26)30/h2-12,18-20,25,27H,13H2,1H3,(H,31,32)/b12-7+. The van der Waals surface area contributed by atoms with Crippen molar-refractivity contribution >= 4 is 35.3 Å². The first-order valence-electron chi connectivity index (χ1n) is 10.1. The first-order chi connectivity index (χ1) is 15.3. The number of aliphatic hydroxyl groups is 1. The van der Waals surface area contributed by atoms with Crippen LogP contribution in [0.25, 0.3) is 6.08 Å². The van der Waals surface area contributed by atoms with Crippen molar-refractivity contribution in [3.8, 4) is 0 Å². The van der Waals surface area contributed by atoms with Crippen molar-refractivity contribution in [2.24, 2.45) is 11.8 Å². The van der Waals surface area contributed by atoms with Gasteiger partial charge in [0.1, 0.15) is 0 Å². The zero-order valence-electron chi connectivity index (χ0n) is 17.3. The summed E-state index contributed by atoms with van der Waals surface area (Å²) < 4.78 is 0. The van der Waals surface area contributed by atoms with Crippen LogP contribution < -0.4 is 10.2 Å². The van der Waals surface area contributed by atoms with E-state index in [2.05, 4.69) is 5.32 Å². The number of nitrogens with one attached hydrogen (secondary N) is 1. The first kappa shape index (κ1) is 21.6. The molecule has 2 heterocycles. The lowest BCUT2D eigenvalue weighted by atomic mass is 9.80. The van der Waals surface area contributed by atoms with E-state index in [9.17, 15) is 29.4 Å². The minimum absolute atomic E-state index is 0.159. The highest BCUT2D eigenvalue weighted by Crippen LogP contribution is 2.45. The Bertz CT molecular complexity index is 1110. The maximum Gasteiger partial charge on any atom is 0.327 e. The highest BCUT2D eigenvalue weighted by Gasteiger charge is 2.68. The SMILES string of the molecule is CC(=O)c1ccc(N2C(=O)C3C(/C=C/c4ccccc4)NC(CO)(C(=O)O)C3C2=O)cc1. The zero-order chi connectivity index (χ0) is 23.0. The number of rotatable bonds is 6. The molecule has 0 saturated carbocycles. The largest absolute Gasteiger partial charge is 0.480 e. The van der Waals surface area contributed by atoms with E-state index in [-0.39, 0.29) is 11.5 Å². The predicted octanol–water partition coefficient (Wildman–Crippen LogP) is 1.50. The maximum atomic E-state index is 13.4. The molecule has 2 aromatic rings. The average Bonchev–Trinajstić information content (AvgIpc) is 3.27. The molecule has 0 spiro atoms. The molecule has 0 aromatic heterocycles. The third kappa shape index (κ3) is 3.34. The summed E-state index contributed by atoms with van der Waals surface area (Å²) in [6, 6.07) is 14.5. The number of carbonyl (C=O) groups is 4. The van der Waals surface area contributed by atoms with Crippen molar-refractivity contribution in [1.29, 1.82) is 0 Å². The summed E-state index contributed by atoms with van der Waals surface area (Å²) in [7, 11) is 0. The van der Waals surface area contributed by atoms with E-state index in [1.54, 1.807) is 12.2 Å². The smallest absolute Gasteiger partial charge is 0.327 e. The number of fused-ring (bicyclic) bond motifs is 1. The van der Waals surface area contributed by atoms with Gasteiger partial charge in [0.2, 0.25) is 11.8 Å². The van der Waals surface area contributed by atoms with Crippen molar-refractivity contribution in [1.82, 2.24) is 5.32 Å². The molecule has 3 N–H and O–H groups in total. The van der Waals surface area contributed by atoms with E-state index in [1.165, 1.54) is 31.2 Å². The second kappa shape index (κ2) is 8.14. The van der Waals surface area contributed by atoms with Crippen molar-refractivity contribution in [2.75, 3.05) is 11.5 Å². The van der Waals surface area contributed by atoms with Gasteiger partial charge in [-0.1, -0.05) is 42.5 Å². The second-order valence-corrected chi connectivity index (χ2v) is 7.99. The molecule has 4 atom stereocenters. The lowest BCUT2D eigenvalue weighted by Crippen LogP contribution is -2.59. The Kier molecular flexibility index (Phi) is 5.50. The molecule has 2 fully saturated rings. The summed E-state index contributed by atoms with van der Waals surface area (Å²) in [5, 5.41) is 22.7. The van der Waals surface area contributed by atoms with Gasteiger partial charge >= 0.3 is 5.97 Å². The molecule has 0 radical (unpaired) electrons. The number of carbonyl (C=O) groups excluding carboxylic acids is 3. The summed E-state index contributed by atoms with van der Waals surface area (Å²) in [4.78, 5) is 51.3. The van der Waals surface area contributed by atoms with Crippen LogP contribution in [0.15, 0.2) is 60.7 Å². The lowest BCUT2D eigenvalue weighted by molar-refractivity contribution is -0.150. The van der Waals surface area contributed by atoms with Crippen LogP contribution in [0.4, 0.5) is 5.69 Å². The molecule has 8 nitrogen and oxygen atoms in total. The van der Waals surface area contributed by atoms with Crippen LogP contribution in [0.5, 0.6) is 0 Å². The van der Waals surface area contributed by atoms with E-state index in [0.29, 0.717) is 5.56 Å². The number of nitrogens with zero attached hydrogens (tertiary/aromatic N) is 1. The third-order valence-corrected chi connectivity index (χ3v) is 6.15. The molecule has 4 rings (SSSR count). The van der Waals surface area contributed by atoms with E-state index in [4.69, 9.17) is 0 Å². The number of ketones is 1. The predicted molar refractivity (Wildman–Crippen MR) is 116 cm³/mol. The summed E-state index contributed by atoms with van der Waals surface area (Å²) in [5.74, 6) is -5.10. The molecule has 0 bridgehead atoms. The molecule has 2 saturated heterocycles. The van der Waals surface area contributed by atoms with Crippen LogP contribution in [0, 0.1) is 11.8 Å². The fourth-order valence-corrected chi connectivity index (χ4v) is 4.50. The van der Waals surface area contributed by atoms with Crippen LogP contribution in [0.1, 0.15) is 22.8 Å². The molecule has 8 heteroatoms. The molecular formula is C24H22N2O6. The van der Waals surface area contributed by atoms with Crippen LogP contribution in [-0.4, -0.2) is 52.0 Å². The van der Waals surface area contributed by atoms with Gasteiger partial charge in [-0.05, 0) is 36.8 Å². The summed E-state index contributed by atoms with van der Waals surface area (Å²) in [5.41, 5.74) is -0.468. The molecule has 4 unspecified atom stereocenters. The molecule has 2 aromatic carbocycles. The lowest BCUT2D eigenvalue weighted by Gasteiger charge is -2.28. The van der Waals surface area contributed by atoms with Gasteiger partial charge in [-0.2, -0.15) is 0 Å². The van der Waals surface area contributed by atoms with Gasteiger partial charge in [0, 0.05) is 11.6 Å². The van der Waals surface area contributed by atoms with Gasteiger partial charge in [-0.25, -0.2) is 4.90 Å². The van der Waals surface area contributed by atoms with E-state index >= 15 is 0 Å². The summed E-state index contributed by atoms with van der Waals surface area (Å²) in [6.07, 6.45) is 3.40. The topological polar surface area (TPSA) is 124 Å². The van der Waals surface area contributed by atoms with Crippen molar-refractivity contribution < 1.29 is 29.4 Å². The second-order valence-electron chi connectivity index (χ2n) is 7.99. The Morgan fingerprint density at radius 1 is 1.06 bits per heavy atom. The highest BCUT2D eigenvalue weighted by atomic mass is 16.4. The quantitative estimate of drug-likeness (QED) is 0.465. The first-order valence-corrected chi connectivity index (χ1v) is 10.1. The number of Topliss-reactive ketones (excluding diaryl/α,β-unsaturated/α-hetero) is 1. The van der Waals surface area contributed by atoms with Crippen LogP contribution in [-0.2, 0) is 14.4 Å². The fourth-order valence-electron chi connectivity index (χ4n) is 4.50. The number of anilines is 1. The Morgan fingerprint density at radius 2 is 1.72 bits per heavy atom. The van der Waals surface area contributed by atoms with E-state index in [0.717, 1.165) is 10.5 Å². The Hall–Kier alpha value is -3.62. The molecule has 164 valence electrons. The molecule has 0 aliphatic carbocycles. The van der Waals surface area contributed by atoms with E-state index < -0.39 is 47.8 Å². The summed E-state index contributed by atoms with van der Waals surface area (Å²) >= 11 is 0. The Labute approximate surface area is 184 Å². The monoisotopic (exact) mass is 434 g/mol. The molecule has 32 heavy (non-hydrogen) atoms. The number of hydrogen-bond acceptors (Lipinski definition) is 6. The maximum absolute atomic E-state index is 13.4. The van der Waals surface area contributed by atoms with Crippen LogP contribution >= 0.6 is 0 Å². The third-order valence-electron chi connectivity index (χ3n) is 6.15. The normalized spacial score (nSPS) is 27.2. The van der Waals surface area contributed by atoms with Gasteiger partial charge in [-0.15, -0.1) is 0 Å². The number of hydrogen-bond donors (Lipinski definition) is 3. The van der Waals surface area contributed by atoms with Crippen LogP contribution in [0.3, 0.4) is 0 Å². The van der Waals surface area contributed by atoms with Crippen LogP contribution in [0.2, 0.25) is 0 Å². The Morgan fingerprint density at radius 3 is 2.28 bits per heavy atom. The molecule has 2 aliphatic rings. The summed E-state index contributed by atoms with van der Waals surface area (Å²) in [6.45, 7) is 0.554. The number of aliphatic carboxylic acids is 1. The number of carboxylic acids is 1. The molecular weight excluding hydrogens is 412 g/mol. The number of benzene rings is 2. The minimum Gasteiger partial charge on any atom is -0.480 e. The highest BCUT2D eigenvalue weighted by molar-refractivity contribution is 6.24. The van der Waals surface area contributed by atoms with Crippen molar-refractivity contribution in [2.45, 2.75) is 18.5 Å². The number of amides is 2. The number of imide groups is 1. The minimum atomic E-state index is -1.99. The molecule has 2 amide bonds. The number of aliphatic hydroxyl groups excluding tert-OH is 1.